The molecule has 0 aromatic heterocycles. The average Bonchev–Trinajstić information content (AvgIpc) is 2.70. The van der Waals surface area contributed by atoms with Gasteiger partial charge in [0.1, 0.15) is 5.75 Å². The highest BCUT2D eigenvalue weighted by molar-refractivity contribution is 9.10. The van der Waals surface area contributed by atoms with Crippen LogP contribution >= 0.6 is 31.9 Å². The largest absolute Gasteiger partial charge is 0.452 e. The monoisotopic (exact) mass is 378 g/mol. The van der Waals surface area contributed by atoms with E-state index >= 15 is 0 Å². The van der Waals surface area contributed by atoms with Crippen molar-refractivity contribution in [2.24, 2.45) is 0 Å². The number of fused-ring (bicyclic) bond motifs is 1. The Labute approximate surface area is 127 Å². The number of Topliss-reactive ketones (excluding diaryl/α,β-unsaturated/α-hetero) is 1. The smallest absolute Gasteiger partial charge is 0.232 e. The van der Waals surface area contributed by atoms with Crippen LogP contribution in [0.5, 0.6) is 5.75 Å². The molecule has 0 unspecified atom stereocenters. The maximum Gasteiger partial charge on any atom is 0.232 e. The minimum absolute atomic E-state index is 0.0841. The molecule has 0 radical (unpaired) electrons. The van der Waals surface area contributed by atoms with Crippen molar-refractivity contribution in [1.29, 1.82) is 0 Å². The van der Waals surface area contributed by atoms with Gasteiger partial charge in [-0.15, -0.1) is 0 Å². The zero-order valence-electron chi connectivity index (χ0n) is 9.69. The molecular formula is C15H8Br2O2. The van der Waals surface area contributed by atoms with Gasteiger partial charge in [-0.05, 0) is 42.0 Å². The van der Waals surface area contributed by atoms with Gasteiger partial charge in [-0.3, -0.25) is 4.79 Å². The van der Waals surface area contributed by atoms with Gasteiger partial charge in [0.25, 0.3) is 0 Å². The molecule has 0 saturated carbocycles. The van der Waals surface area contributed by atoms with Gasteiger partial charge in [0, 0.05) is 8.95 Å². The maximum atomic E-state index is 12.2. The first kappa shape index (κ1) is 12.6. The molecule has 1 aliphatic heterocycles. The van der Waals surface area contributed by atoms with E-state index in [2.05, 4.69) is 31.9 Å². The van der Waals surface area contributed by atoms with E-state index in [1.807, 2.05) is 30.3 Å². The fourth-order valence-electron chi connectivity index (χ4n) is 1.87. The minimum atomic E-state index is -0.0841. The van der Waals surface area contributed by atoms with Crippen molar-refractivity contribution in [1.82, 2.24) is 0 Å². The molecule has 4 heteroatoms. The summed E-state index contributed by atoms with van der Waals surface area (Å²) in [6.07, 6.45) is 1.75. The molecule has 0 aliphatic carbocycles. The summed E-state index contributed by atoms with van der Waals surface area (Å²) in [4.78, 5) is 12.2. The number of rotatable bonds is 1. The molecule has 2 aromatic carbocycles. The van der Waals surface area contributed by atoms with Crippen molar-refractivity contribution in [2.75, 3.05) is 0 Å². The molecule has 3 rings (SSSR count). The lowest BCUT2D eigenvalue weighted by atomic mass is 10.1. The number of hydrogen-bond acceptors (Lipinski definition) is 2. The van der Waals surface area contributed by atoms with Gasteiger partial charge in [0.15, 0.2) is 5.76 Å². The van der Waals surface area contributed by atoms with Crippen LogP contribution < -0.4 is 4.74 Å². The topological polar surface area (TPSA) is 26.3 Å². The molecule has 0 amide bonds. The van der Waals surface area contributed by atoms with Crippen LogP contribution in [0.25, 0.3) is 6.08 Å². The van der Waals surface area contributed by atoms with E-state index in [1.165, 1.54) is 0 Å². The number of hydrogen-bond donors (Lipinski definition) is 0. The quantitative estimate of drug-likeness (QED) is 0.663. The predicted octanol–water partition coefficient (Wildman–Crippen LogP) is 4.83. The lowest BCUT2D eigenvalue weighted by Crippen LogP contribution is -1.97. The molecule has 2 aromatic rings. The van der Waals surface area contributed by atoms with Crippen molar-refractivity contribution in [3.05, 3.63) is 68.3 Å². The third-order valence-corrected chi connectivity index (χ3v) is 3.82. The normalized spacial score (nSPS) is 15.5. The molecule has 0 spiro atoms. The minimum Gasteiger partial charge on any atom is -0.452 e. The lowest BCUT2D eigenvalue weighted by Gasteiger charge is -1.98. The number of allylic oxidation sites excluding steroid dienone is 1. The summed E-state index contributed by atoms with van der Waals surface area (Å²) in [6, 6.07) is 13.1. The summed E-state index contributed by atoms with van der Waals surface area (Å²) in [5.41, 5.74) is 1.52. The molecule has 0 fully saturated rings. The van der Waals surface area contributed by atoms with E-state index in [1.54, 1.807) is 18.2 Å². The highest BCUT2D eigenvalue weighted by atomic mass is 79.9. The molecule has 0 atom stereocenters. The van der Waals surface area contributed by atoms with Crippen LogP contribution in [0.4, 0.5) is 0 Å². The Hall–Kier alpha value is -1.39. The van der Waals surface area contributed by atoms with Gasteiger partial charge >= 0.3 is 0 Å². The maximum absolute atomic E-state index is 12.2. The molecule has 1 heterocycles. The molecule has 0 bridgehead atoms. The summed E-state index contributed by atoms with van der Waals surface area (Å²) in [5.74, 6) is 0.881. The fraction of sp³-hybridized carbons (Fsp3) is 0. The Kier molecular flexibility index (Phi) is 3.29. The molecule has 0 N–H and O–H groups in total. The summed E-state index contributed by atoms with van der Waals surface area (Å²) < 4.78 is 7.46. The van der Waals surface area contributed by atoms with E-state index in [0.717, 1.165) is 14.5 Å². The lowest BCUT2D eigenvalue weighted by molar-refractivity contribution is 0.101. The first-order chi connectivity index (χ1) is 9.13. The summed E-state index contributed by atoms with van der Waals surface area (Å²) in [5, 5.41) is 0. The summed E-state index contributed by atoms with van der Waals surface area (Å²) >= 11 is 6.73. The SMILES string of the molecule is O=C1/C(=C/c2ccc(Br)cc2)Oc2ccc(Br)cc21. The van der Waals surface area contributed by atoms with Gasteiger partial charge in [-0.25, -0.2) is 0 Å². The number of ketones is 1. The predicted molar refractivity (Wildman–Crippen MR) is 81.2 cm³/mol. The summed E-state index contributed by atoms with van der Waals surface area (Å²) in [7, 11) is 0. The Morgan fingerprint density at radius 3 is 2.37 bits per heavy atom. The molecule has 94 valence electrons. The van der Waals surface area contributed by atoms with Gasteiger partial charge in [0.05, 0.1) is 5.56 Å². The summed E-state index contributed by atoms with van der Waals surface area (Å²) in [6.45, 7) is 0. The molecule has 1 aliphatic rings. The molecular weight excluding hydrogens is 372 g/mol. The van der Waals surface area contributed by atoms with Crippen molar-refractivity contribution in [3.63, 3.8) is 0 Å². The van der Waals surface area contributed by atoms with E-state index in [9.17, 15) is 4.79 Å². The Bertz CT molecular complexity index is 688. The van der Waals surface area contributed by atoms with E-state index < -0.39 is 0 Å². The second-order valence-electron chi connectivity index (χ2n) is 4.13. The highest BCUT2D eigenvalue weighted by Crippen LogP contribution is 2.33. The van der Waals surface area contributed by atoms with Gasteiger partial charge < -0.3 is 4.74 Å². The van der Waals surface area contributed by atoms with Crippen LogP contribution in [-0.4, -0.2) is 5.78 Å². The first-order valence-electron chi connectivity index (χ1n) is 5.63. The number of halogens is 2. The number of benzene rings is 2. The van der Waals surface area contributed by atoms with Crippen LogP contribution in [0.3, 0.4) is 0 Å². The molecule has 19 heavy (non-hydrogen) atoms. The Morgan fingerprint density at radius 1 is 0.947 bits per heavy atom. The van der Waals surface area contributed by atoms with Crippen LogP contribution in [0.2, 0.25) is 0 Å². The third kappa shape index (κ3) is 2.51. The van der Waals surface area contributed by atoms with Crippen molar-refractivity contribution >= 4 is 43.7 Å². The zero-order chi connectivity index (χ0) is 13.4. The second-order valence-corrected chi connectivity index (χ2v) is 5.96. The third-order valence-electron chi connectivity index (χ3n) is 2.80. The van der Waals surface area contributed by atoms with Crippen LogP contribution in [0.15, 0.2) is 57.2 Å². The first-order valence-corrected chi connectivity index (χ1v) is 7.21. The van der Waals surface area contributed by atoms with E-state index in [0.29, 0.717) is 17.1 Å². The van der Waals surface area contributed by atoms with E-state index in [4.69, 9.17) is 4.74 Å². The standard InChI is InChI=1S/C15H8Br2O2/c16-10-3-1-9(2-4-10)7-14-15(18)12-8-11(17)5-6-13(12)19-14/h1-8H/b14-7-. The Morgan fingerprint density at radius 2 is 1.63 bits per heavy atom. The van der Waals surface area contributed by atoms with Gasteiger partial charge in [-0.2, -0.15) is 0 Å². The average molecular weight is 380 g/mol. The zero-order valence-corrected chi connectivity index (χ0v) is 12.9. The Balaban J connectivity index is 1.97. The fourth-order valence-corrected chi connectivity index (χ4v) is 2.50. The number of carbonyl (C=O) groups is 1. The van der Waals surface area contributed by atoms with Crippen molar-refractivity contribution in [3.8, 4) is 5.75 Å². The van der Waals surface area contributed by atoms with E-state index in [-0.39, 0.29) is 5.78 Å². The second kappa shape index (κ2) is 4.94. The highest BCUT2D eigenvalue weighted by Gasteiger charge is 2.27. The van der Waals surface area contributed by atoms with Crippen LogP contribution in [0, 0.1) is 0 Å². The number of carbonyl (C=O) groups excluding carboxylic acids is 1. The van der Waals surface area contributed by atoms with Crippen LogP contribution in [-0.2, 0) is 0 Å². The molecule has 2 nitrogen and oxygen atoms in total. The van der Waals surface area contributed by atoms with Crippen molar-refractivity contribution in [2.45, 2.75) is 0 Å². The van der Waals surface area contributed by atoms with Crippen molar-refractivity contribution < 1.29 is 9.53 Å². The molecule has 0 saturated heterocycles. The van der Waals surface area contributed by atoms with Gasteiger partial charge in [-0.1, -0.05) is 44.0 Å². The van der Waals surface area contributed by atoms with Gasteiger partial charge in [0.2, 0.25) is 5.78 Å². The number of ether oxygens (including phenoxy) is 1. The van der Waals surface area contributed by atoms with Crippen LogP contribution in [0.1, 0.15) is 15.9 Å².